The molecule has 0 atom stereocenters. The molecule has 1 aromatic carbocycles. The number of hydrogen-bond acceptors (Lipinski definition) is 3. The Morgan fingerprint density at radius 1 is 1.40 bits per heavy atom. The average Bonchev–Trinajstić information content (AvgIpc) is 2.39. The summed E-state index contributed by atoms with van der Waals surface area (Å²) < 4.78 is 5.36. The average molecular weight is 297 g/mol. The molecule has 1 saturated heterocycles. The van der Waals surface area contributed by atoms with Gasteiger partial charge in [-0.25, -0.2) is 0 Å². The van der Waals surface area contributed by atoms with Gasteiger partial charge >= 0.3 is 0 Å². The third-order valence-corrected chi connectivity index (χ3v) is 3.41. The monoisotopic (exact) mass is 296 g/mol. The third kappa shape index (κ3) is 4.12. The number of anilines is 2. The molecule has 1 heterocycles. The smallest absolute Gasteiger partial charge is 0.224 e. The zero-order chi connectivity index (χ0) is 14.5. The maximum absolute atomic E-state index is 12.0. The highest BCUT2D eigenvalue weighted by molar-refractivity contribution is 6.31. The molecule has 1 N–H and O–H groups in total. The number of hydrogen-bond donors (Lipinski definition) is 1. The number of morpholine rings is 1. The van der Waals surface area contributed by atoms with Crippen LogP contribution in [0, 0.1) is 5.92 Å². The largest absolute Gasteiger partial charge is 0.378 e. The van der Waals surface area contributed by atoms with E-state index in [4.69, 9.17) is 16.3 Å². The van der Waals surface area contributed by atoms with Crippen molar-refractivity contribution in [3.63, 3.8) is 0 Å². The number of nitrogens with zero attached hydrogens (tertiary/aromatic N) is 1. The number of carbonyl (C=O) groups is 1. The maximum Gasteiger partial charge on any atom is 0.224 e. The van der Waals surface area contributed by atoms with Crippen LogP contribution in [-0.4, -0.2) is 32.2 Å². The van der Waals surface area contributed by atoms with E-state index in [0.29, 0.717) is 30.6 Å². The number of halogens is 1. The topological polar surface area (TPSA) is 41.6 Å². The van der Waals surface area contributed by atoms with Crippen LogP contribution in [0.3, 0.4) is 0 Å². The molecule has 0 spiro atoms. The maximum atomic E-state index is 12.0. The lowest BCUT2D eigenvalue weighted by atomic mass is 10.1. The second-order valence-corrected chi connectivity index (χ2v) is 5.84. The summed E-state index contributed by atoms with van der Waals surface area (Å²) in [5.41, 5.74) is 1.79. The molecule has 4 nitrogen and oxygen atoms in total. The lowest BCUT2D eigenvalue weighted by molar-refractivity contribution is -0.116. The zero-order valence-corrected chi connectivity index (χ0v) is 12.7. The number of benzene rings is 1. The molecule has 2 rings (SSSR count). The molecular weight excluding hydrogens is 276 g/mol. The number of amides is 1. The van der Waals surface area contributed by atoms with Crippen LogP contribution >= 0.6 is 11.6 Å². The van der Waals surface area contributed by atoms with Gasteiger partial charge in [-0.2, -0.15) is 0 Å². The van der Waals surface area contributed by atoms with E-state index < -0.39 is 0 Å². The van der Waals surface area contributed by atoms with Gasteiger partial charge < -0.3 is 15.0 Å². The Bertz CT molecular complexity index is 471. The molecule has 0 bridgehead atoms. The number of rotatable bonds is 4. The molecule has 0 unspecified atom stereocenters. The van der Waals surface area contributed by atoms with Crippen LogP contribution in [0.5, 0.6) is 0 Å². The van der Waals surface area contributed by atoms with Crippen molar-refractivity contribution in [3.8, 4) is 0 Å². The standard InChI is InChI=1S/C15H21ClN2O2/c1-11(2)9-15(19)17-13-10-12(16)3-4-14(13)18-5-7-20-8-6-18/h3-4,10-11H,5-9H2,1-2H3,(H,17,19). The minimum Gasteiger partial charge on any atom is -0.378 e. The molecule has 0 saturated carbocycles. The van der Waals surface area contributed by atoms with Gasteiger partial charge in [0, 0.05) is 24.5 Å². The predicted molar refractivity (Wildman–Crippen MR) is 82.6 cm³/mol. The van der Waals surface area contributed by atoms with Crippen LogP contribution in [0.25, 0.3) is 0 Å². The number of carbonyl (C=O) groups excluding carboxylic acids is 1. The Morgan fingerprint density at radius 3 is 2.75 bits per heavy atom. The van der Waals surface area contributed by atoms with Crippen LogP contribution < -0.4 is 10.2 Å². The second-order valence-electron chi connectivity index (χ2n) is 5.41. The first kappa shape index (κ1) is 15.1. The summed E-state index contributed by atoms with van der Waals surface area (Å²) >= 11 is 6.05. The van der Waals surface area contributed by atoms with Gasteiger partial charge in [0.25, 0.3) is 0 Å². The van der Waals surface area contributed by atoms with E-state index >= 15 is 0 Å². The highest BCUT2D eigenvalue weighted by atomic mass is 35.5. The van der Waals surface area contributed by atoms with Crippen molar-refractivity contribution in [1.82, 2.24) is 0 Å². The van der Waals surface area contributed by atoms with Crippen LogP contribution in [0.2, 0.25) is 5.02 Å². The summed E-state index contributed by atoms with van der Waals surface area (Å²) in [7, 11) is 0. The Balaban J connectivity index is 2.16. The minimum atomic E-state index is 0.0248. The first-order valence-electron chi connectivity index (χ1n) is 6.98. The van der Waals surface area contributed by atoms with Crippen molar-refractivity contribution < 1.29 is 9.53 Å². The van der Waals surface area contributed by atoms with Crippen molar-refractivity contribution in [2.24, 2.45) is 5.92 Å². The van der Waals surface area contributed by atoms with Gasteiger partial charge in [-0.05, 0) is 24.1 Å². The van der Waals surface area contributed by atoms with Gasteiger partial charge in [-0.15, -0.1) is 0 Å². The lowest BCUT2D eigenvalue weighted by Crippen LogP contribution is -2.36. The van der Waals surface area contributed by atoms with Crippen molar-refractivity contribution in [2.45, 2.75) is 20.3 Å². The summed E-state index contributed by atoms with van der Waals surface area (Å²) in [6.07, 6.45) is 0.509. The first-order chi connectivity index (χ1) is 9.56. The second kappa shape index (κ2) is 6.95. The molecule has 1 aromatic rings. The van der Waals surface area contributed by atoms with Crippen molar-refractivity contribution in [1.29, 1.82) is 0 Å². The quantitative estimate of drug-likeness (QED) is 0.928. The van der Waals surface area contributed by atoms with E-state index in [-0.39, 0.29) is 5.91 Å². The summed E-state index contributed by atoms with van der Waals surface area (Å²) in [6, 6.07) is 5.62. The molecule has 0 aliphatic carbocycles. The van der Waals surface area contributed by atoms with Gasteiger partial charge in [0.1, 0.15) is 0 Å². The van der Waals surface area contributed by atoms with Crippen LogP contribution in [0.15, 0.2) is 18.2 Å². The van der Waals surface area contributed by atoms with Gasteiger partial charge in [0.2, 0.25) is 5.91 Å². The van der Waals surface area contributed by atoms with E-state index in [1.807, 2.05) is 32.0 Å². The van der Waals surface area contributed by atoms with Gasteiger partial charge in [-0.3, -0.25) is 4.79 Å². The zero-order valence-electron chi connectivity index (χ0n) is 12.0. The van der Waals surface area contributed by atoms with Gasteiger partial charge in [0.05, 0.1) is 24.6 Å². The summed E-state index contributed by atoms with van der Waals surface area (Å²) in [5.74, 6) is 0.359. The number of nitrogens with one attached hydrogen (secondary N) is 1. The fourth-order valence-corrected chi connectivity index (χ4v) is 2.43. The fourth-order valence-electron chi connectivity index (χ4n) is 2.26. The van der Waals surface area contributed by atoms with E-state index in [9.17, 15) is 4.79 Å². The molecule has 110 valence electrons. The molecule has 1 fully saturated rings. The highest BCUT2D eigenvalue weighted by Gasteiger charge is 2.16. The Morgan fingerprint density at radius 2 is 2.10 bits per heavy atom. The van der Waals surface area contributed by atoms with Gasteiger partial charge in [-0.1, -0.05) is 25.4 Å². The van der Waals surface area contributed by atoms with Crippen LogP contribution in [-0.2, 0) is 9.53 Å². The predicted octanol–water partition coefficient (Wildman–Crippen LogP) is 3.16. The molecule has 0 aromatic heterocycles. The van der Waals surface area contributed by atoms with E-state index in [1.165, 1.54) is 0 Å². The Hall–Kier alpha value is -1.26. The summed E-state index contributed by atoms with van der Waals surface area (Å²) in [4.78, 5) is 14.2. The molecule has 20 heavy (non-hydrogen) atoms. The molecule has 5 heteroatoms. The summed E-state index contributed by atoms with van der Waals surface area (Å²) in [6.45, 7) is 7.13. The highest BCUT2D eigenvalue weighted by Crippen LogP contribution is 2.30. The van der Waals surface area contributed by atoms with Crippen LogP contribution in [0.1, 0.15) is 20.3 Å². The van der Waals surface area contributed by atoms with Crippen LogP contribution in [0.4, 0.5) is 11.4 Å². The molecular formula is C15H21ClN2O2. The molecule has 0 radical (unpaired) electrons. The SMILES string of the molecule is CC(C)CC(=O)Nc1cc(Cl)ccc1N1CCOCC1. The van der Waals surface area contributed by atoms with E-state index in [0.717, 1.165) is 24.5 Å². The number of ether oxygens (including phenoxy) is 1. The van der Waals surface area contributed by atoms with Crippen molar-refractivity contribution >= 4 is 28.9 Å². The molecule has 1 amide bonds. The normalized spacial score (nSPS) is 15.5. The Labute approximate surface area is 125 Å². The first-order valence-corrected chi connectivity index (χ1v) is 7.36. The van der Waals surface area contributed by atoms with Gasteiger partial charge in [0.15, 0.2) is 0 Å². The lowest BCUT2D eigenvalue weighted by Gasteiger charge is -2.30. The molecule has 1 aliphatic rings. The van der Waals surface area contributed by atoms with E-state index in [1.54, 1.807) is 0 Å². The molecule has 1 aliphatic heterocycles. The minimum absolute atomic E-state index is 0.0248. The van der Waals surface area contributed by atoms with Crippen molar-refractivity contribution in [3.05, 3.63) is 23.2 Å². The summed E-state index contributed by atoms with van der Waals surface area (Å²) in [5, 5.41) is 3.60. The fraction of sp³-hybridized carbons (Fsp3) is 0.533. The van der Waals surface area contributed by atoms with E-state index in [2.05, 4.69) is 10.2 Å². The van der Waals surface area contributed by atoms with Crippen molar-refractivity contribution in [2.75, 3.05) is 36.5 Å². The third-order valence-electron chi connectivity index (χ3n) is 3.18. The Kier molecular flexibility index (Phi) is 5.26.